The van der Waals surface area contributed by atoms with Gasteiger partial charge in [-0.1, -0.05) is 6.92 Å². The molecule has 0 aliphatic rings. The predicted octanol–water partition coefficient (Wildman–Crippen LogP) is 1.21. The van der Waals surface area contributed by atoms with Crippen LogP contribution < -0.4 is 0 Å². The second-order valence-corrected chi connectivity index (χ2v) is 2.07. The Hall–Kier alpha value is -0.120. The molecule has 1 unspecified atom stereocenters. The monoisotopic (exact) mass is 147 g/mol. The van der Waals surface area contributed by atoms with Crippen LogP contribution in [0.25, 0.3) is 0 Å². The molecule has 0 saturated heterocycles. The van der Waals surface area contributed by atoms with Crippen LogP contribution in [-0.4, -0.2) is 26.6 Å². The largest absolute Gasteiger partial charge is 0.381 e. The normalized spacial score (nSPS) is 13.5. The maximum absolute atomic E-state index is 10.6. The van der Waals surface area contributed by atoms with Gasteiger partial charge in [0, 0.05) is 20.1 Å². The molecular formula is C7H15O3. The van der Waals surface area contributed by atoms with Gasteiger partial charge in [0.2, 0.25) is 0 Å². The first-order valence-electron chi connectivity index (χ1n) is 3.57. The van der Waals surface area contributed by atoms with E-state index in [0.717, 1.165) is 13.0 Å². The summed E-state index contributed by atoms with van der Waals surface area (Å²) in [6.07, 6.45) is 0.518. The van der Waals surface area contributed by atoms with E-state index in [1.165, 1.54) is 7.11 Å². The molecule has 0 heterocycles. The lowest BCUT2D eigenvalue weighted by Gasteiger charge is -2.05. The van der Waals surface area contributed by atoms with E-state index in [2.05, 4.69) is 4.74 Å². The fourth-order valence-electron chi connectivity index (χ4n) is 0.544. The van der Waals surface area contributed by atoms with Gasteiger partial charge < -0.3 is 9.47 Å². The molecule has 0 aromatic carbocycles. The summed E-state index contributed by atoms with van der Waals surface area (Å²) in [5.74, 6) is 0. The molecule has 1 atom stereocenters. The molecule has 10 heavy (non-hydrogen) atoms. The van der Waals surface area contributed by atoms with E-state index < -0.39 is 6.29 Å². The predicted molar refractivity (Wildman–Crippen MR) is 37.2 cm³/mol. The summed E-state index contributed by atoms with van der Waals surface area (Å²) in [5, 5.41) is 10.6. The Kier molecular flexibility index (Phi) is 6.91. The van der Waals surface area contributed by atoms with E-state index in [1.807, 2.05) is 6.92 Å². The second kappa shape index (κ2) is 6.99. The van der Waals surface area contributed by atoms with Crippen molar-refractivity contribution < 1.29 is 14.6 Å². The van der Waals surface area contributed by atoms with Crippen molar-refractivity contribution in [2.75, 3.05) is 20.3 Å². The highest BCUT2D eigenvalue weighted by Crippen LogP contribution is 1.93. The first-order valence-corrected chi connectivity index (χ1v) is 3.57. The van der Waals surface area contributed by atoms with E-state index in [4.69, 9.17) is 4.74 Å². The Bertz CT molecular complexity index is 65.9. The molecule has 0 fully saturated rings. The minimum Gasteiger partial charge on any atom is -0.381 e. The molecule has 3 nitrogen and oxygen atoms in total. The Balaban J connectivity index is 2.89. The molecule has 0 aliphatic heterocycles. The maximum Gasteiger partial charge on any atom is 0.193 e. The maximum atomic E-state index is 10.6. The van der Waals surface area contributed by atoms with Gasteiger partial charge in [-0.25, -0.2) is 5.11 Å². The van der Waals surface area contributed by atoms with Gasteiger partial charge >= 0.3 is 0 Å². The molecule has 0 rings (SSSR count). The van der Waals surface area contributed by atoms with Gasteiger partial charge in [0.25, 0.3) is 0 Å². The highest BCUT2D eigenvalue weighted by Gasteiger charge is 2.01. The number of rotatable bonds is 6. The fourth-order valence-corrected chi connectivity index (χ4v) is 0.544. The Morgan fingerprint density at radius 1 is 1.40 bits per heavy atom. The third-order valence-corrected chi connectivity index (χ3v) is 1.11. The molecule has 61 valence electrons. The van der Waals surface area contributed by atoms with E-state index in [1.54, 1.807) is 0 Å². The van der Waals surface area contributed by atoms with Crippen molar-refractivity contribution in [3.8, 4) is 0 Å². The first kappa shape index (κ1) is 9.88. The van der Waals surface area contributed by atoms with Crippen LogP contribution in [0.2, 0.25) is 0 Å². The molecule has 0 bridgehead atoms. The molecule has 0 aromatic rings. The summed E-state index contributed by atoms with van der Waals surface area (Å²) < 4.78 is 9.57. The molecule has 1 radical (unpaired) electrons. The molecule has 0 saturated carbocycles. The molecule has 0 N–H and O–H groups in total. The van der Waals surface area contributed by atoms with Crippen molar-refractivity contribution in [2.24, 2.45) is 0 Å². The van der Waals surface area contributed by atoms with Crippen LogP contribution in [0.15, 0.2) is 0 Å². The summed E-state index contributed by atoms with van der Waals surface area (Å²) in [4.78, 5) is 0. The molecule has 0 amide bonds. The zero-order valence-corrected chi connectivity index (χ0v) is 6.63. The van der Waals surface area contributed by atoms with Crippen molar-refractivity contribution in [2.45, 2.75) is 26.1 Å². The number of hydrogen-bond acceptors (Lipinski definition) is 2. The summed E-state index contributed by atoms with van der Waals surface area (Å²) in [6.45, 7) is 3.28. The van der Waals surface area contributed by atoms with Gasteiger partial charge in [-0.3, -0.25) is 0 Å². The Morgan fingerprint density at radius 2 is 2.10 bits per heavy atom. The van der Waals surface area contributed by atoms with E-state index in [9.17, 15) is 5.11 Å². The molecule has 0 aromatic heterocycles. The summed E-state index contributed by atoms with van der Waals surface area (Å²) >= 11 is 0. The number of methoxy groups -OCH3 is 1. The topological polar surface area (TPSA) is 38.4 Å². The van der Waals surface area contributed by atoms with Crippen molar-refractivity contribution in [1.82, 2.24) is 0 Å². The molecular weight excluding hydrogens is 132 g/mol. The number of hydrogen-bond donors (Lipinski definition) is 0. The van der Waals surface area contributed by atoms with Crippen molar-refractivity contribution in [3.63, 3.8) is 0 Å². The first-order chi connectivity index (χ1) is 4.81. The average molecular weight is 147 g/mol. The third kappa shape index (κ3) is 6.01. The molecule has 0 spiro atoms. The number of ether oxygens (including phenoxy) is 2. The minimum absolute atomic E-state index is 0.441. The zero-order chi connectivity index (χ0) is 7.82. The standard InChI is InChI=1S/C7H15O3/c1-3-5-10-6-4-7(8)9-2/h7H,3-6H2,1-2H3. The summed E-state index contributed by atoms with van der Waals surface area (Å²) in [7, 11) is 1.41. The van der Waals surface area contributed by atoms with Crippen LogP contribution >= 0.6 is 0 Å². The molecule has 0 aliphatic carbocycles. The average Bonchev–Trinajstić information content (AvgIpc) is 1.98. The lowest BCUT2D eigenvalue weighted by molar-refractivity contribution is -0.131. The van der Waals surface area contributed by atoms with Gasteiger partial charge in [-0.05, 0) is 6.42 Å². The SMILES string of the molecule is CCCOCCC([O])OC. The van der Waals surface area contributed by atoms with Gasteiger partial charge in [-0.2, -0.15) is 0 Å². The smallest absolute Gasteiger partial charge is 0.193 e. The highest BCUT2D eigenvalue weighted by atomic mass is 16.6. The van der Waals surface area contributed by atoms with Crippen LogP contribution in [0.4, 0.5) is 0 Å². The third-order valence-electron chi connectivity index (χ3n) is 1.11. The lowest BCUT2D eigenvalue weighted by atomic mass is 10.4. The summed E-state index contributed by atoms with van der Waals surface area (Å²) in [5.41, 5.74) is 0. The van der Waals surface area contributed by atoms with Crippen LogP contribution in [0.5, 0.6) is 0 Å². The Labute approximate surface area is 62.0 Å². The fraction of sp³-hybridized carbons (Fsp3) is 1.00. The minimum atomic E-state index is -0.920. The zero-order valence-electron chi connectivity index (χ0n) is 6.63. The van der Waals surface area contributed by atoms with Crippen molar-refractivity contribution in [3.05, 3.63) is 0 Å². The van der Waals surface area contributed by atoms with Gasteiger partial charge in [-0.15, -0.1) is 0 Å². The second-order valence-electron chi connectivity index (χ2n) is 2.07. The quantitative estimate of drug-likeness (QED) is 0.418. The van der Waals surface area contributed by atoms with Crippen molar-refractivity contribution >= 4 is 0 Å². The van der Waals surface area contributed by atoms with Crippen LogP contribution in [0, 0.1) is 0 Å². The lowest BCUT2D eigenvalue weighted by Crippen LogP contribution is -2.10. The van der Waals surface area contributed by atoms with Gasteiger partial charge in [0.1, 0.15) is 0 Å². The van der Waals surface area contributed by atoms with E-state index in [0.29, 0.717) is 13.0 Å². The van der Waals surface area contributed by atoms with E-state index in [-0.39, 0.29) is 0 Å². The van der Waals surface area contributed by atoms with Crippen LogP contribution in [0.3, 0.4) is 0 Å². The molecule has 3 heteroatoms. The highest BCUT2D eigenvalue weighted by molar-refractivity contribution is 4.38. The van der Waals surface area contributed by atoms with Crippen LogP contribution in [0.1, 0.15) is 19.8 Å². The summed E-state index contributed by atoms with van der Waals surface area (Å²) in [6, 6.07) is 0. The van der Waals surface area contributed by atoms with Crippen molar-refractivity contribution in [1.29, 1.82) is 0 Å². The van der Waals surface area contributed by atoms with Gasteiger partial charge in [0.15, 0.2) is 6.29 Å². The van der Waals surface area contributed by atoms with Crippen LogP contribution in [-0.2, 0) is 14.6 Å². The Morgan fingerprint density at radius 3 is 2.60 bits per heavy atom. The van der Waals surface area contributed by atoms with E-state index >= 15 is 0 Å². The van der Waals surface area contributed by atoms with Gasteiger partial charge in [0.05, 0.1) is 6.61 Å².